The molecule has 0 atom stereocenters. The lowest BCUT2D eigenvalue weighted by molar-refractivity contribution is 0.601. The van der Waals surface area contributed by atoms with Gasteiger partial charge in [0.05, 0.1) is 16.8 Å². The van der Waals surface area contributed by atoms with Crippen LogP contribution in [-0.4, -0.2) is 25.4 Å². The van der Waals surface area contributed by atoms with E-state index in [1.165, 1.54) is 24.5 Å². The zero-order valence-corrected chi connectivity index (χ0v) is 11.4. The van der Waals surface area contributed by atoms with E-state index in [4.69, 9.17) is 0 Å². The number of aromatic nitrogens is 2. The molecule has 0 saturated heterocycles. The van der Waals surface area contributed by atoms with Gasteiger partial charge in [0.1, 0.15) is 5.82 Å². The summed E-state index contributed by atoms with van der Waals surface area (Å²) in [6.07, 6.45) is 4.53. The lowest BCUT2D eigenvalue weighted by Crippen LogP contribution is -2.14. The van der Waals surface area contributed by atoms with Crippen LogP contribution < -0.4 is 10.0 Å². The van der Waals surface area contributed by atoms with Crippen molar-refractivity contribution in [3.63, 3.8) is 0 Å². The molecule has 2 aromatic heterocycles. The Morgan fingerprint density at radius 1 is 1.21 bits per heavy atom. The molecule has 0 unspecified atom stereocenters. The van der Waals surface area contributed by atoms with Crippen molar-refractivity contribution in [1.82, 2.24) is 9.97 Å². The highest BCUT2D eigenvalue weighted by molar-refractivity contribution is 7.92. The van der Waals surface area contributed by atoms with Crippen molar-refractivity contribution < 1.29 is 8.42 Å². The molecule has 0 fully saturated rings. The predicted molar refractivity (Wildman–Crippen MR) is 73.6 cm³/mol. The van der Waals surface area contributed by atoms with E-state index < -0.39 is 10.0 Å². The zero-order valence-electron chi connectivity index (χ0n) is 10.6. The third-order valence-electron chi connectivity index (χ3n) is 2.58. The molecule has 0 radical (unpaired) electrons. The van der Waals surface area contributed by atoms with Gasteiger partial charge < -0.3 is 5.32 Å². The Hall–Kier alpha value is -2.15. The minimum atomic E-state index is -3.64. The molecule has 0 aromatic carbocycles. The van der Waals surface area contributed by atoms with Gasteiger partial charge in [-0.15, -0.1) is 0 Å². The van der Waals surface area contributed by atoms with Crippen LogP contribution in [0.4, 0.5) is 11.5 Å². The number of rotatable bonds is 4. The maximum absolute atomic E-state index is 12.2. The van der Waals surface area contributed by atoms with E-state index in [-0.39, 0.29) is 4.90 Å². The minimum absolute atomic E-state index is 0.148. The molecule has 2 rings (SSSR count). The zero-order chi connectivity index (χ0) is 13.9. The highest BCUT2D eigenvalue weighted by atomic mass is 32.2. The maximum Gasteiger partial charge on any atom is 0.262 e. The molecule has 0 spiro atoms. The monoisotopic (exact) mass is 278 g/mol. The van der Waals surface area contributed by atoms with Crippen LogP contribution >= 0.6 is 0 Å². The van der Waals surface area contributed by atoms with Gasteiger partial charge >= 0.3 is 0 Å². The summed E-state index contributed by atoms with van der Waals surface area (Å²) in [5, 5.41) is 2.80. The first-order chi connectivity index (χ1) is 9.03. The third kappa shape index (κ3) is 3.00. The maximum atomic E-state index is 12.2. The van der Waals surface area contributed by atoms with Gasteiger partial charge in [-0.1, -0.05) is 0 Å². The van der Waals surface area contributed by atoms with Gasteiger partial charge in [0.15, 0.2) is 0 Å². The Labute approximate surface area is 112 Å². The van der Waals surface area contributed by atoms with E-state index in [0.29, 0.717) is 11.5 Å². The number of aryl methyl sites for hydroxylation is 1. The van der Waals surface area contributed by atoms with Crippen molar-refractivity contribution in [2.45, 2.75) is 11.8 Å². The van der Waals surface area contributed by atoms with E-state index in [0.717, 1.165) is 5.56 Å². The number of hydrogen-bond donors (Lipinski definition) is 2. The van der Waals surface area contributed by atoms with E-state index in [9.17, 15) is 8.42 Å². The highest BCUT2D eigenvalue weighted by Gasteiger charge is 2.15. The molecule has 2 aromatic rings. The van der Waals surface area contributed by atoms with Gasteiger partial charge in [0.2, 0.25) is 0 Å². The summed E-state index contributed by atoms with van der Waals surface area (Å²) < 4.78 is 27.0. The van der Waals surface area contributed by atoms with Crippen molar-refractivity contribution in [3.05, 3.63) is 42.4 Å². The molecule has 0 aliphatic rings. The largest absolute Gasteiger partial charge is 0.373 e. The number of sulfonamides is 1. The van der Waals surface area contributed by atoms with Gasteiger partial charge in [-0.05, 0) is 24.6 Å². The first kappa shape index (κ1) is 13.3. The van der Waals surface area contributed by atoms with Crippen molar-refractivity contribution in [2.75, 3.05) is 17.1 Å². The molecule has 2 N–H and O–H groups in total. The fourth-order valence-corrected chi connectivity index (χ4v) is 2.62. The summed E-state index contributed by atoms with van der Waals surface area (Å²) in [6.45, 7) is 1.81. The quantitative estimate of drug-likeness (QED) is 0.888. The second-order valence-corrected chi connectivity index (χ2v) is 5.61. The molecule has 100 valence electrons. The lowest BCUT2D eigenvalue weighted by Gasteiger charge is -2.10. The third-order valence-corrected chi connectivity index (χ3v) is 3.94. The molecular formula is C12H14N4O2S. The Bertz CT molecular complexity index is 686. The molecule has 2 heterocycles. The summed E-state index contributed by atoms with van der Waals surface area (Å²) in [5.74, 6) is 0.491. The highest BCUT2D eigenvalue weighted by Crippen LogP contribution is 2.19. The van der Waals surface area contributed by atoms with Gasteiger partial charge in [-0.2, -0.15) is 0 Å². The predicted octanol–water partition coefficient (Wildman–Crippen LogP) is 1.63. The molecule has 7 heteroatoms. The lowest BCUT2D eigenvalue weighted by atomic mass is 10.3. The Balaban J connectivity index is 2.35. The summed E-state index contributed by atoms with van der Waals surface area (Å²) in [5.41, 5.74) is 1.27. The van der Waals surface area contributed by atoms with Gasteiger partial charge in [0, 0.05) is 25.5 Å². The van der Waals surface area contributed by atoms with Crippen molar-refractivity contribution in [1.29, 1.82) is 0 Å². The van der Waals surface area contributed by atoms with Gasteiger partial charge in [-0.25, -0.2) is 13.4 Å². The average Bonchev–Trinajstić information content (AvgIpc) is 2.41. The smallest absolute Gasteiger partial charge is 0.262 e. The normalized spacial score (nSPS) is 11.1. The van der Waals surface area contributed by atoms with Crippen molar-refractivity contribution in [2.24, 2.45) is 0 Å². The van der Waals surface area contributed by atoms with Crippen LogP contribution in [0.2, 0.25) is 0 Å². The number of nitrogens with one attached hydrogen (secondary N) is 2. The van der Waals surface area contributed by atoms with Crippen LogP contribution in [0.3, 0.4) is 0 Å². The fourth-order valence-electron chi connectivity index (χ4n) is 1.49. The van der Waals surface area contributed by atoms with Crippen LogP contribution in [0.5, 0.6) is 0 Å². The SMILES string of the molecule is CNc1cc(S(=O)(=O)Nc2cnccc2C)ccn1. The number of pyridine rings is 2. The Morgan fingerprint density at radius 3 is 2.68 bits per heavy atom. The first-order valence-electron chi connectivity index (χ1n) is 5.60. The summed E-state index contributed by atoms with van der Waals surface area (Å²) >= 11 is 0. The Morgan fingerprint density at radius 2 is 2.00 bits per heavy atom. The molecule has 0 aliphatic heterocycles. The Kier molecular flexibility index (Phi) is 3.66. The summed E-state index contributed by atoms with van der Waals surface area (Å²) in [7, 11) is -1.96. The second-order valence-electron chi connectivity index (χ2n) is 3.92. The van der Waals surface area contributed by atoms with E-state index in [1.54, 1.807) is 19.3 Å². The van der Waals surface area contributed by atoms with Crippen LogP contribution in [0, 0.1) is 6.92 Å². The molecular weight excluding hydrogens is 264 g/mol. The van der Waals surface area contributed by atoms with Crippen LogP contribution in [0.25, 0.3) is 0 Å². The van der Waals surface area contributed by atoms with Crippen molar-refractivity contribution in [3.8, 4) is 0 Å². The van der Waals surface area contributed by atoms with Crippen LogP contribution in [0.15, 0.2) is 41.7 Å². The second kappa shape index (κ2) is 5.23. The number of anilines is 2. The van der Waals surface area contributed by atoms with E-state index in [1.807, 2.05) is 6.92 Å². The summed E-state index contributed by atoms with van der Waals surface area (Å²) in [6, 6.07) is 4.65. The molecule has 19 heavy (non-hydrogen) atoms. The van der Waals surface area contributed by atoms with Crippen LogP contribution in [-0.2, 0) is 10.0 Å². The topological polar surface area (TPSA) is 84.0 Å². The standard InChI is InChI=1S/C12H14N4O2S/c1-9-3-5-14-8-11(9)16-19(17,18)10-4-6-15-12(7-10)13-2/h3-8,16H,1-2H3,(H,13,15). The molecule has 0 amide bonds. The molecule has 0 bridgehead atoms. The first-order valence-corrected chi connectivity index (χ1v) is 7.08. The minimum Gasteiger partial charge on any atom is -0.373 e. The number of nitrogens with zero attached hydrogens (tertiary/aromatic N) is 2. The molecule has 0 aliphatic carbocycles. The number of hydrogen-bond acceptors (Lipinski definition) is 5. The van der Waals surface area contributed by atoms with Gasteiger partial charge in [0.25, 0.3) is 10.0 Å². The molecule has 6 nitrogen and oxygen atoms in total. The van der Waals surface area contributed by atoms with Crippen molar-refractivity contribution >= 4 is 21.5 Å². The van der Waals surface area contributed by atoms with Gasteiger partial charge in [-0.3, -0.25) is 9.71 Å². The van der Waals surface area contributed by atoms with E-state index >= 15 is 0 Å². The fraction of sp³-hybridized carbons (Fsp3) is 0.167. The molecule has 0 saturated carbocycles. The average molecular weight is 278 g/mol. The summed E-state index contributed by atoms with van der Waals surface area (Å²) in [4.78, 5) is 8.03. The van der Waals surface area contributed by atoms with Crippen LogP contribution in [0.1, 0.15) is 5.56 Å². The van der Waals surface area contributed by atoms with E-state index in [2.05, 4.69) is 20.0 Å².